The van der Waals surface area contributed by atoms with Crippen molar-refractivity contribution >= 4 is 5.97 Å². The zero-order valence-corrected chi connectivity index (χ0v) is 9.72. The van der Waals surface area contributed by atoms with E-state index >= 15 is 0 Å². The number of aryl methyl sites for hydroxylation is 1. The second kappa shape index (κ2) is 4.65. The Morgan fingerprint density at radius 1 is 1.69 bits per heavy atom. The van der Waals surface area contributed by atoms with E-state index in [2.05, 4.69) is 10.00 Å². The first kappa shape index (κ1) is 11.1. The quantitative estimate of drug-likeness (QED) is 0.685. The Morgan fingerprint density at radius 3 is 3.00 bits per heavy atom. The van der Waals surface area contributed by atoms with Crippen LogP contribution in [-0.2, 0) is 23.0 Å². The van der Waals surface area contributed by atoms with E-state index in [0.717, 1.165) is 25.9 Å². The van der Waals surface area contributed by atoms with Crippen LogP contribution >= 0.6 is 0 Å². The van der Waals surface area contributed by atoms with Crippen LogP contribution in [0.2, 0.25) is 0 Å². The van der Waals surface area contributed by atoms with Crippen molar-refractivity contribution in [3.8, 4) is 0 Å². The van der Waals surface area contributed by atoms with Gasteiger partial charge in [-0.2, -0.15) is 5.10 Å². The summed E-state index contributed by atoms with van der Waals surface area (Å²) >= 11 is 0. The molecule has 1 aromatic rings. The molecule has 1 atom stereocenters. The van der Waals surface area contributed by atoms with E-state index in [0.29, 0.717) is 0 Å². The number of rotatable bonds is 4. The molecule has 0 amide bonds. The molecular weight excluding hydrogens is 206 g/mol. The van der Waals surface area contributed by atoms with E-state index in [1.54, 1.807) is 6.20 Å². The lowest BCUT2D eigenvalue weighted by atomic mass is 10.0. The van der Waals surface area contributed by atoms with Crippen LogP contribution in [0.15, 0.2) is 12.3 Å². The number of aromatic nitrogens is 2. The number of likely N-dealkylation sites (tertiary alicyclic amines) is 1. The van der Waals surface area contributed by atoms with Crippen molar-refractivity contribution < 1.29 is 9.53 Å². The van der Waals surface area contributed by atoms with Crippen molar-refractivity contribution in [3.63, 3.8) is 0 Å². The molecule has 2 rings (SSSR count). The van der Waals surface area contributed by atoms with Crippen molar-refractivity contribution in [1.29, 1.82) is 0 Å². The molecule has 1 fully saturated rings. The normalized spacial score (nSPS) is 20.5. The molecule has 1 unspecified atom stereocenters. The SMILES string of the molecule is COC(=O)C1CCN1CCc1ccnn1C. The summed E-state index contributed by atoms with van der Waals surface area (Å²) in [5.41, 5.74) is 1.19. The minimum atomic E-state index is -0.115. The van der Waals surface area contributed by atoms with Gasteiger partial charge in [0.05, 0.1) is 7.11 Å². The second-order valence-electron chi connectivity index (χ2n) is 4.06. The fourth-order valence-corrected chi connectivity index (χ4v) is 2.02. The molecule has 0 aliphatic carbocycles. The molecule has 5 nitrogen and oxygen atoms in total. The van der Waals surface area contributed by atoms with Crippen LogP contribution in [-0.4, -0.2) is 46.9 Å². The van der Waals surface area contributed by atoms with E-state index in [9.17, 15) is 4.79 Å². The fraction of sp³-hybridized carbons (Fsp3) is 0.636. The van der Waals surface area contributed by atoms with Crippen LogP contribution in [0.1, 0.15) is 12.1 Å². The highest BCUT2D eigenvalue weighted by Gasteiger charge is 2.34. The lowest BCUT2D eigenvalue weighted by molar-refractivity contribution is -0.151. The topological polar surface area (TPSA) is 47.4 Å². The van der Waals surface area contributed by atoms with Gasteiger partial charge in [-0.05, 0) is 12.5 Å². The number of nitrogens with zero attached hydrogens (tertiary/aromatic N) is 3. The number of carbonyl (C=O) groups is 1. The van der Waals surface area contributed by atoms with Gasteiger partial charge in [0.2, 0.25) is 0 Å². The molecule has 1 aliphatic rings. The van der Waals surface area contributed by atoms with E-state index in [4.69, 9.17) is 4.74 Å². The molecule has 1 aliphatic heterocycles. The Morgan fingerprint density at radius 2 is 2.50 bits per heavy atom. The molecule has 0 spiro atoms. The first-order chi connectivity index (χ1) is 7.72. The zero-order valence-electron chi connectivity index (χ0n) is 9.72. The number of esters is 1. The summed E-state index contributed by atoms with van der Waals surface area (Å²) in [6.45, 7) is 1.87. The lowest BCUT2D eigenvalue weighted by Crippen LogP contribution is -2.53. The van der Waals surface area contributed by atoms with Crippen LogP contribution in [0.25, 0.3) is 0 Å². The van der Waals surface area contributed by atoms with Gasteiger partial charge in [0, 0.05) is 38.4 Å². The van der Waals surface area contributed by atoms with Crippen LogP contribution < -0.4 is 0 Å². The maximum absolute atomic E-state index is 11.4. The van der Waals surface area contributed by atoms with Gasteiger partial charge in [-0.1, -0.05) is 0 Å². The van der Waals surface area contributed by atoms with E-state index in [1.165, 1.54) is 12.8 Å². The molecule has 0 bridgehead atoms. The van der Waals surface area contributed by atoms with E-state index in [-0.39, 0.29) is 12.0 Å². The summed E-state index contributed by atoms with van der Waals surface area (Å²) in [5, 5.41) is 4.12. The van der Waals surface area contributed by atoms with Gasteiger partial charge >= 0.3 is 5.97 Å². The third-order valence-corrected chi connectivity index (χ3v) is 3.18. The number of carbonyl (C=O) groups excluding carboxylic acids is 1. The third-order valence-electron chi connectivity index (χ3n) is 3.18. The predicted molar refractivity (Wildman–Crippen MR) is 58.9 cm³/mol. The Labute approximate surface area is 95.0 Å². The Kier molecular flexibility index (Phi) is 3.24. The largest absolute Gasteiger partial charge is 0.468 e. The highest BCUT2D eigenvalue weighted by molar-refractivity contribution is 5.76. The Bertz CT molecular complexity index is 375. The van der Waals surface area contributed by atoms with Gasteiger partial charge < -0.3 is 4.74 Å². The highest BCUT2D eigenvalue weighted by Crippen LogP contribution is 2.18. The van der Waals surface area contributed by atoms with Gasteiger partial charge in [0.15, 0.2) is 0 Å². The minimum absolute atomic E-state index is 0.0294. The molecule has 0 saturated carbocycles. The van der Waals surface area contributed by atoms with Crippen LogP contribution in [0.4, 0.5) is 0 Å². The molecule has 88 valence electrons. The van der Waals surface area contributed by atoms with E-state index in [1.807, 2.05) is 17.8 Å². The Hall–Kier alpha value is -1.36. The number of hydrogen-bond acceptors (Lipinski definition) is 4. The maximum Gasteiger partial charge on any atom is 0.323 e. The van der Waals surface area contributed by atoms with Gasteiger partial charge in [-0.25, -0.2) is 0 Å². The van der Waals surface area contributed by atoms with Crippen molar-refractivity contribution in [2.45, 2.75) is 18.9 Å². The summed E-state index contributed by atoms with van der Waals surface area (Å²) in [6, 6.07) is 1.98. The number of methoxy groups -OCH3 is 1. The molecular formula is C11H17N3O2. The Balaban J connectivity index is 1.83. The standard InChI is InChI=1S/C11H17N3O2/c1-13-9(3-6-12-13)4-7-14-8-5-10(14)11(15)16-2/h3,6,10H,4-5,7-8H2,1-2H3. The van der Waals surface area contributed by atoms with Crippen molar-refractivity contribution in [2.75, 3.05) is 20.2 Å². The number of hydrogen-bond donors (Lipinski definition) is 0. The maximum atomic E-state index is 11.4. The second-order valence-corrected chi connectivity index (χ2v) is 4.06. The molecule has 5 heteroatoms. The van der Waals surface area contributed by atoms with Crippen molar-refractivity contribution in [2.24, 2.45) is 7.05 Å². The van der Waals surface area contributed by atoms with Crippen LogP contribution in [0.3, 0.4) is 0 Å². The summed E-state index contributed by atoms with van der Waals surface area (Å²) in [7, 11) is 3.38. The smallest absolute Gasteiger partial charge is 0.323 e. The predicted octanol–water partition coefficient (Wildman–Crippen LogP) is 0.210. The molecule has 2 heterocycles. The van der Waals surface area contributed by atoms with Gasteiger partial charge in [-0.3, -0.25) is 14.4 Å². The average molecular weight is 223 g/mol. The van der Waals surface area contributed by atoms with E-state index < -0.39 is 0 Å². The average Bonchev–Trinajstić information content (AvgIpc) is 2.63. The summed E-state index contributed by atoms with van der Waals surface area (Å²) in [4.78, 5) is 13.5. The molecule has 1 saturated heterocycles. The first-order valence-corrected chi connectivity index (χ1v) is 5.51. The lowest BCUT2D eigenvalue weighted by Gasteiger charge is -2.38. The molecule has 16 heavy (non-hydrogen) atoms. The number of ether oxygens (including phenoxy) is 1. The molecule has 0 aromatic carbocycles. The summed E-state index contributed by atoms with van der Waals surface area (Å²) in [5.74, 6) is -0.115. The van der Waals surface area contributed by atoms with Gasteiger partial charge in [0.25, 0.3) is 0 Å². The van der Waals surface area contributed by atoms with Crippen LogP contribution in [0, 0.1) is 0 Å². The molecule has 1 aromatic heterocycles. The molecule has 0 radical (unpaired) electrons. The third kappa shape index (κ3) is 2.09. The highest BCUT2D eigenvalue weighted by atomic mass is 16.5. The van der Waals surface area contributed by atoms with Crippen molar-refractivity contribution in [1.82, 2.24) is 14.7 Å². The van der Waals surface area contributed by atoms with Gasteiger partial charge in [0.1, 0.15) is 6.04 Å². The fourth-order valence-electron chi connectivity index (χ4n) is 2.02. The molecule has 0 N–H and O–H groups in total. The first-order valence-electron chi connectivity index (χ1n) is 5.51. The minimum Gasteiger partial charge on any atom is -0.468 e. The summed E-state index contributed by atoms with van der Waals surface area (Å²) < 4.78 is 6.61. The summed E-state index contributed by atoms with van der Waals surface area (Å²) in [6.07, 6.45) is 3.63. The van der Waals surface area contributed by atoms with Crippen molar-refractivity contribution in [3.05, 3.63) is 18.0 Å². The zero-order chi connectivity index (χ0) is 11.5. The van der Waals surface area contributed by atoms with Crippen LogP contribution in [0.5, 0.6) is 0 Å². The monoisotopic (exact) mass is 223 g/mol. The van der Waals surface area contributed by atoms with Gasteiger partial charge in [-0.15, -0.1) is 0 Å².